The molecule has 1 fully saturated rings. The third-order valence-corrected chi connectivity index (χ3v) is 9.07. The largest absolute Gasteiger partial charge is 0.497 e. The molecule has 296 valence electrons. The number of carbonyl (C=O) groups excluding carboxylic acids is 1. The van der Waals surface area contributed by atoms with Crippen LogP contribution in [0.4, 0.5) is 4.79 Å². The minimum Gasteiger partial charge on any atom is -0.497 e. The molecule has 4 rings (SSSR count). The van der Waals surface area contributed by atoms with Gasteiger partial charge in [0.1, 0.15) is 36.2 Å². The van der Waals surface area contributed by atoms with Gasteiger partial charge in [-0.05, 0) is 72.6 Å². The van der Waals surface area contributed by atoms with Gasteiger partial charge in [0.2, 0.25) is 0 Å². The normalized spacial score (nSPS) is 15.4. The Morgan fingerprint density at radius 1 is 0.796 bits per heavy atom. The van der Waals surface area contributed by atoms with E-state index in [1.54, 1.807) is 26.2 Å². The fraction of sp³-hybridized carbons (Fsp3) is 0.525. The predicted octanol–water partition coefficient (Wildman–Crippen LogP) is 6.50. The lowest BCUT2D eigenvalue weighted by molar-refractivity contribution is -0.758. The molecule has 3 aromatic rings. The average molecular weight is 755 g/mol. The van der Waals surface area contributed by atoms with Gasteiger partial charge in [-0.3, -0.25) is 0 Å². The van der Waals surface area contributed by atoms with E-state index in [0.29, 0.717) is 46.1 Å². The van der Waals surface area contributed by atoms with Gasteiger partial charge in [-0.15, -0.1) is 10.1 Å². The Labute approximate surface area is 317 Å². The van der Waals surface area contributed by atoms with Crippen LogP contribution in [-0.2, 0) is 36.8 Å². The van der Waals surface area contributed by atoms with Crippen LogP contribution in [0.15, 0.2) is 66.7 Å². The minimum atomic E-state index is -0.874. The first-order valence-electron chi connectivity index (χ1n) is 18.4. The van der Waals surface area contributed by atoms with Gasteiger partial charge in [0.05, 0.1) is 53.9 Å². The number of likely N-dealkylation sites (tertiary alicyclic amines) is 1. The van der Waals surface area contributed by atoms with Crippen LogP contribution in [0.1, 0.15) is 48.3 Å². The molecule has 1 saturated heterocycles. The van der Waals surface area contributed by atoms with Crippen molar-refractivity contribution in [3.63, 3.8) is 0 Å². The molecule has 2 atom stereocenters. The van der Waals surface area contributed by atoms with Gasteiger partial charge >= 0.3 is 6.09 Å². The summed E-state index contributed by atoms with van der Waals surface area (Å²) in [4.78, 5) is 29.3. The highest BCUT2D eigenvalue weighted by Crippen LogP contribution is 2.37. The molecule has 1 unspecified atom stereocenters. The number of ether oxygens (including phenoxy) is 8. The summed E-state index contributed by atoms with van der Waals surface area (Å²) in [5.74, 6) is 3.44. The van der Waals surface area contributed by atoms with Gasteiger partial charge in [0, 0.05) is 51.3 Å². The minimum absolute atomic E-state index is 0.0270. The molecule has 1 aliphatic rings. The molecule has 1 aliphatic heterocycles. The lowest BCUT2D eigenvalue weighted by Gasteiger charge is -2.38. The van der Waals surface area contributed by atoms with Crippen molar-refractivity contribution in [3.8, 4) is 23.0 Å². The first-order chi connectivity index (χ1) is 26.4. The molecule has 14 nitrogen and oxygen atoms in total. The zero-order valence-corrected chi connectivity index (χ0v) is 31.6. The average Bonchev–Trinajstić information content (AvgIpc) is 3.19. The molecule has 0 bridgehead atoms. The first-order valence-corrected chi connectivity index (χ1v) is 18.4. The van der Waals surface area contributed by atoms with E-state index >= 15 is 0 Å². The maximum atomic E-state index is 13.1. The molecule has 14 heteroatoms. The lowest BCUT2D eigenvalue weighted by Crippen LogP contribution is -2.43. The maximum absolute atomic E-state index is 13.1. The number of aryl methyl sites for hydroxylation is 1. The van der Waals surface area contributed by atoms with Crippen molar-refractivity contribution in [1.29, 1.82) is 0 Å². The number of methoxy groups -OCH3 is 3. The van der Waals surface area contributed by atoms with Gasteiger partial charge in [0.25, 0.3) is 5.09 Å². The second-order valence-corrected chi connectivity index (χ2v) is 12.8. The Morgan fingerprint density at radius 3 is 2.30 bits per heavy atom. The molecule has 3 aromatic carbocycles. The lowest BCUT2D eigenvalue weighted by atomic mass is 9.77. The molecule has 54 heavy (non-hydrogen) atoms. The van der Waals surface area contributed by atoms with Crippen LogP contribution < -0.4 is 18.9 Å². The number of para-hydroxylation sites is 1. The van der Waals surface area contributed by atoms with Crippen molar-refractivity contribution in [1.82, 2.24) is 4.90 Å². The van der Waals surface area contributed by atoms with E-state index in [9.17, 15) is 14.9 Å². The van der Waals surface area contributed by atoms with E-state index in [0.717, 1.165) is 66.2 Å². The topological polar surface area (TPSA) is 147 Å². The Balaban J connectivity index is 1.33. The second kappa shape index (κ2) is 23.8. The highest BCUT2D eigenvalue weighted by Gasteiger charge is 2.33. The zero-order valence-electron chi connectivity index (χ0n) is 31.6. The molecule has 1 amide bonds. The molecule has 0 saturated carbocycles. The van der Waals surface area contributed by atoms with Crippen molar-refractivity contribution >= 4 is 6.09 Å². The van der Waals surface area contributed by atoms with Crippen LogP contribution in [0.2, 0.25) is 0 Å². The SMILES string of the molecule is COCCCOc1cc(CC[C@H]2CN(C(=O)OCCOCCO[N+](=O)[O-])CCC2c2ccc(OCCCOCc3ccccc3OC)cc2)cc(OC)c1. The Hall–Kier alpha value is -4.79. The van der Waals surface area contributed by atoms with E-state index in [2.05, 4.69) is 17.0 Å². The summed E-state index contributed by atoms with van der Waals surface area (Å²) in [7, 11) is 4.97. The number of benzene rings is 3. The molecule has 0 spiro atoms. The Kier molecular flexibility index (Phi) is 18.5. The number of piperidine rings is 1. The number of amides is 1. The molecular formula is C40H54N2O12. The van der Waals surface area contributed by atoms with Crippen LogP contribution in [-0.4, -0.2) is 103 Å². The molecular weight excluding hydrogens is 700 g/mol. The molecule has 1 heterocycles. The molecule has 0 aromatic heterocycles. The van der Waals surface area contributed by atoms with E-state index in [1.807, 2.05) is 54.6 Å². The van der Waals surface area contributed by atoms with Gasteiger partial charge in [-0.25, -0.2) is 4.79 Å². The number of nitrogens with zero attached hydrogens (tertiary/aromatic N) is 2. The van der Waals surface area contributed by atoms with Crippen LogP contribution in [0, 0.1) is 16.0 Å². The standard InChI is InChI=1S/C40H54N2O12/c1-46-18-6-20-52-37-27-31(26-36(28-37)47-2)10-11-33-29-41(40(43)53-24-22-49-23-25-54-42(44)45)17-16-38(33)32-12-14-35(15-13-32)51-21-7-19-50-30-34-8-4-5-9-39(34)48-3/h4-5,8-9,12-15,26-28,33,38H,6-7,10-11,16-25,29-30H2,1-3H3/t33-,38?/m0/s1. The summed E-state index contributed by atoms with van der Waals surface area (Å²) in [6.45, 7) is 3.81. The van der Waals surface area contributed by atoms with E-state index in [1.165, 1.54) is 5.56 Å². The monoisotopic (exact) mass is 754 g/mol. The highest BCUT2D eigenvalue weighted by atomic mass is 17.0. The van der Waals surface area contributed by atoms with Crippen LogP contribution in [0.25, 0.3) is 0 Å². The fourth-order valence-electron chi connectivity index (χ4n) is 6.37. The van der Waals surface area contributed by atoms with Crippen molar-refractivity contribution in [2.75, 3.05) is 87.3 Å². The van der Waals surface area contributed by atoms with E-state index in [4.69, 9.17) is 37.9 Å². The van der Waals surface area contributed by atoms with Crippen LogP contribution in [0.5, 0.6) is 23.0 Å². The quantitative estimate of drug-likeness (QED) is 0.0528. The number of hydrogen-bond donors (Lipinski definition) is 0. The molecule has 0 aliphatic carbocycles. The number of carbonyl (C=O) groups is 1. The van der Waals surface area contributed by atoms with Gasteiger partial charge in [0.15, 0.2) is 0 Å². The van der Waals surface area contributed by atoms with E-state index < -0.39 is 11.2 Å². The van der Waals surface area contributed by atoms with Crippen molar-refractivity contribution in [3.05, 3.63) is 93.5 Å². The maximum Gasteiger partial charge on any atom is 0.409 e. The third-order valence-electron chi connectivity index (χ3n) is 9.07. The van der Waals surface area contributed by atoms with Crippen molar-refractivity contribution in [2.45, 2.75) is 44.6 Å². The fourth-order valence-corrected chi connectivity index (χ4v) is 6.37. The van der Waals surface area contributed by atoms with Gasteiger partial charge < -0.3 is 47.6 Å². The molecule has 0 radical (unpaired) electrons. The Bertz CT molecular complexity index is 1540. The smallest absolute Gasteiger partial charge is 0.409 e. The summed E-state index contributed by atoms with van der Waals surface area (Å²) in [6.07, 6.45) is 3.47. The predicted molar refractivity (Wildman–Crippen MR) is 200 cm³/mol. The summed E-state index contributed by atoms with van der Waals surface area (Å²) in [5.41, 5.74) is 3.29. The number of rotatable bonds is 25. The van der Waals surface area contributed by atoms with Crippen LogP contribution >= 0.6 is 0 Å². The summed E-state index contributed by atoms with van der Waals surface area (Å²) in [5, 5.41) is 9.41. The molecule has 0 N–H and O–H groups in total. The summed E-state index contributed by atoms with van der Waals surface area (Å²) < 4.78 is 44.7. The van der Waals surface area contributed by atoms with Crippen molar-refractivity contribution < 1.29 is 52.6 Å². The van der Waals surface area contributed by atoms with Crippen LogP contribution in [0.3, 0.4) is 0 Å². The summed E-state index contributed by atoms with van der Waals surface area (Å²) >= 11 is 0. The van der Waals surface area contributed by atoms with Gasteiger partial charge in [-0.2, -0.15) is 0 Å². The van der Waals surface area contributed by atoms with Gasteiger partial charge in [-0.1, -0.05) is 30.3 Å². The number of hydrogen-bond acceptors (Lipinski definition) is 12. The highest BCUT2D eigenvalue weighted by molar-refractivity contribution is 5.67. The first kappa shape index (κ1) is 42.0. The second-order valence-electron chi connectivity index (χ2n) is 12.8. The van der Waals surface area contributed by atoms with Crippen molar-refractivity contribution in [2.24, 2.45) is 5.92 Å². The zero-order chi connectivity index (χ0) is 38.4. The summed E-state index contributed by atoms with van der Waals surface area (Å²) in [6, 6.07) is 22.0. The van der Waals surface area contributed by atoms with E-state index in [-0.39, 0.29) is 38.3 Å². The Morgan fingerprint density at radius 2 is 1.54 bits per heavy atom. The third kappa shape index (κ3) is 14.6.